The molecule has 1 heterocycles. The van der Waals surface area contributed by atoms with E-state index in [0.29, 0.717) is 6.61 Å². The van der Waals surface area contributed by atoms with Crippen molar-refractivity contribution in [1.29, 1.82) is 0 Å². The molecule has 1 aliphatic rings. The fourth-order valence-electron chi connectivity index (χ4n) is 0.234. The Kier molecular flexibility index (Phi) is 1.43. The van der Waals surface area contributed by atoms with Crippen molar-refractivity contribution in [2.45, 2.75) is 0 Å². The van der Waals surface area contributed by atoms with Crippen molar-refractivity contribution >= 4 is 0 Å². The van der Waals surface area contributed by atoms with E-state index in [9.17, 15) is 0 Å². The lowest BCUT2D eigenvalue weighted by Crippen LogP contribution is -2.09. The number of rotatable bonds is 0. The van der Waals surface area contributed by atoms with Gasteiger partial charge in [0.25, 0.3) is 0 Å². The lowest BCUT2D eigenvalue weighted by molar-refractivity contribution is -0.359. The van der Waals surface area contributed by atoms with E-state index in [-0.39, 0.29) is 6.79 Å². The molecule has 0 atom stereocenters. The van der Waals surface area contributed by atoms with E-state index >= 15 is 0 Å². The van der Waals surface area contributed by atoms with E-state index in [1.165, 1.54) is 0 Å². The fourth-order valence-corrected chi connectivity index (χ4v) is 0.234. The molecule has 3 nitrogen and oxygen atoms in total. The first-order chi connectivity index (χ1) is 3.00. The molecule has 0 spiro atoms. The van der Waals surface area contributed by atoms with Crippen LogP contribution >= 0.6 is 0 Å². The summed E-state index contributed by atoms with van der Waals surface area (Å²) in [4.78, 5) is 8.70. The van der Waals surface area contributed by atoms with Gasteiger partial charge in [-0.25, -0.2) is 9.78 Å². The molecule has 1 saturated heterocycles. The molecule has 0 aromatic heterocycles. The summed E-state index contributed by atoms with van der Waals surface area (Å²) in [6, 6.07) is 0. The first-order valence-electron chi connectivity index (χ1n) is 1.68. The molecular weight excluding hydrogens is 84.0 g/mol. The molecule has 0 saturated carbocycles. The van der Waals surface area contributed by atoms with Gasteiger partial charge in [-0.05, 0) is 0 Å². The third kappa shape index (κ3) is 0.931. The maximum atomic E-state index is 4.60. The number of hydrogen-bond donors (Lipinski definition) is 0. The summed E-state index contributed by atoms with van der Waals surface area (Å²) < 4.78 is 4.60. The molecule has 35 valence electrons. The van der Waals surface area contributed by atoms with E-state index in [4.69, 9.17) is 0 Å². The van der Waals surface area contributed by atoms with Gasteiger partial charge < -0.3 is 4.74 Å². The van der Waals surface area contributed by atoms with E-state index < -0.39 is 0 Å². The summed E-state index contributed by atoms with van der Waals surface area (Å²) in [5.41, 5.74) is 0. The maximum absolute atomic E-state index is 4.60. The van der Waals surface area contributed by atoms with Gasteiger partial charge in [0.15, 0.2) is 6.79 Å². The van der Waals surface area contributed by atoms with E-state index in [1.54, 1.807) is 6.61 Å². The van der Waals surface area contributed by atoms with Crippen molar-refractivity contribution in [3.05, 3.63) is 6.61 Å². The van der Waals surface area contributed by atoms with Crippen molar-refractivity contribution in [2.75, 3.05) is 13.4 Å². The molecule has 0 amide bonds. The Morgan fingerprint density at radius 3 is 2.50 bits per heavy atom. The molecule has 0 bridgehead atoms. The lowest BCUT2D eigenvalue weighted by Gasteiger charge is -2.08. The van der Waals surface area contributed by atoms with E-state index in [2.05, 4.69) is 14.5 Å². The van der Waals surface area contributed by atoms with Crippen LogP contribution in [-0.2, 0) is 14.5 Å². The Bertz CT molecular complexity index is 21.5. The Morgan fingerprint density at radius 2 is 2.33 bits per heavy atom. The average molecular weight is 89.1 g/mol. The average Bonchev–Trinajstić information content (AvgIpc) is 1.72. The molecule has 0 aromatic rings. The monoisotopic (exact) mass is 89.0 g/mol. The topological polar surface area (TPSA) is 27.7 Å². The highest BCUT2D eigenvalue weighted by Gasteiger charge is 1.96. The predicted molar refractivity (Wildman–Crippen MR) is 17.3 cm³/mol. The Hall–Kier alpha value is -0.120. The summed E-state index contributed by atoms with van der Waals surface area (Å²) in [7, 11) is 0. The van der Waals surface area contributed by atoms with Crippen LogP contribution in [0.3, 0.4) is 0 Å². The van der Waals surface area contributed by atoms with Gasteiger partial charge in [-0.1, -0.05) is 0 Å². The van der Waals surface area contributed by atoms with Crippen LogP contribution in [-0.4, -0.2) is 13.4 Å². The minimum absolute atomic E-state index is 0.222. The molecule has 0 aliphatic carbocycles. The van der Waals surface area contributed by atoms with Crippen LogP contribution in [0.25, 0.3) is 0 Å². The molecule has 1 fully saturated rings. The van der Waals surface area contributed by atoms with Gasteiger partial charge in [0.1, 0.15) is 13.2 Å². The van der Waals surface area contributed by atoms with Crippen LogP contribution in [0.15, 0.2) is 0 Å². The molecule has 3 heteroatoms. The summed E-state index contributed by atoms with van der Waals surface area (Å²) >= 11 is 0. The Labute approximate surface area is 35.7 Å². The number of hydrogen-bond acceptors (Lipinski definition) is 3. The Morgan fingerprint density at radius 1 is 1.33 bits per heavy atom. The van der Waals surface area contributed by atoms with Gasteiger partial charge in [0.05, 0.1) is 0 Å². The van der Waals surface area contributed by atoms with Gasteiger partial charge in [-0.3, -0.25) is 0 Å². The van der Waals surface area contributed by atoms with Gasteiger partial charge >= 0.3 is 0 Å². The minimum Gasteiger partial charge on any atom is -0.344 e. The van der Waals surface area contributed by atoms with Crippen LogP contribution in [0.4, 0.5) is 0 Å². The van der Waals surface area contributed by atoms with Crippen molar-refractivity contribution in [3.63, 3.8) is 0 Å². The second kappa shape index (κ2) is 2.12. The summed E-state index contributed by atoms with van der Waals surface area (Å²) in [5.74, 6) is 0. The fraction of sp³-hybridized carbons (Fsp3) is 0.667. The molecule has 0 unspecified atom stereocenters. The lowest BCUT2D eigenvalue weighted by atomic mass is 10.8. The highest BCUT2D eigenvalue weighted by molar-refractivity contribution is 4.42. The van der Waals surface area contributed by atoms with Crippen LogP contribution < -0.4 is 0 Å². The van der Waals surface area contributed by atoms with Crippen molar-refractivity contribution in [2.24, 2.45) is 0 Å². The van der Waals surface area contributed by atoms with Crippen LogP contribution in [0.2, 0.25) is 0 Å². The minimum atomic E-state index is 0.222. The van der Waals surface area contributed by atoms with Crippen molar-refractivity contribution in [1.82, 2.24) is 0 Å². The molecule has 1 rings (SSSR count). The number of ether oxygens (including phenoxy) is 1. The van der Waals surface area contributed by atoms with Crippen LogP contribution in [0.5, 0.6) is 0 Å². The SMILES string of the molecule is [CH]1COOCO1. The molecular formula is C3H5O3. The highest BCUT2D eigenvalue weighted by Crippen LogP contribution is 1.92. The molecule has 6 heavy (non-hydrogen) atoms. The zero-order valence-electron chi connectivity index (χ0n) is 3.22. The molecule has 1 radical (unpaired) electrons. The predicted octanol–water partition coefficient (Wildman–Crippen LogP) is 0.0841. The summed E-state index contributed by atoms with van der Waals surface area (Å²) in [5, 5.41) is 0. The quantitative estimate of drug-likeness (QED) is 0.393. The highest BCUT2D eigenvalue weighted by atomic mass is 17.2. The van der Waals surface area contributed by atoms with Crippen molar-refractivity contribution in [3.8, 4) is 0 Å². The third-order valence-corrected chi connectivity index (χ3v) is 0.453. The standard InChI is InChI=1S/C3H5O3/c1-2-5-6-3-4-1/h1H,2-3H2. The van der Waals surface area contributed by atoms with Crippen molar-refractivity contribution < 1.29 is 14.5 Å². The van der Waals surface area contributed by atoms with Gasteiger partial charge in [0, 0.05) is 0 Å². The van der Waals surface area contributed by atoms with Gasteiger partial charge in [0.2, 0.25) is 0 Å². The molecule has 1 aliphatic heterocycles. The van der Waals surface area contributed by atoms with Gasteiger partial charge in [-0.15, -0.1) is 0 Å². The smallest absolute Gasteiger partial charge is 0.181 e. The zero-order chi connectivity index (χ0) is 4.24. The largest absolute Gasteiger partial charge is 0.344 e. The van der Waals surface area contributed by atoms with Crippen LogP contribution in [0, 0.1) is 6.61 Å². The molecule has 0 aromatic carbocycles. The molecule has 0 N–H and O–H groups in total. The maximum Gasteiger partial charge on any atom is 0.181 e. The third-order valence-electron chi connectivity index (χ3n) is 0.453. The second-order valence-corrected chi connectivity index (χ2v) is 0.854. The first kappa shape index (κ1) is 4.05. The first-order valence-corrected chi connectivity index (χ1v) is 1.68. The van der Waals surface area contributed by atoms with E-state index in [0.717, 1.165) is 0 Å². The Balaban J connectivity index is 2.00. The van der Waals surface area contributed by atoms with Crippen LogP contribution in [0.1, 0.15) is 0 Å². The normalized spacial score (nSPS) is 24.0. The summed E-state index contributed by atoms with van der Waals surface area (Å²) in [6.07, 6.45) is 0. The second-order valence-electron chi connectivity index (χ2n) is 0.854. The zero-order valence-corrected chi connectivity index (χ0v) is 3.22. The summed E-state index contributed by atoms with van der Waals surface area (Å²) in [6.45, 7) is 2.20. The van der Waals surface area contributed by atoms with E-state index in [1.807, 2.05) is 0 Å². The van der Waals surface area contributed by atoms with Gasteiger partial charge in [-0.2, -0.15) is 0 Å².